The molecule has 3 aromatic rings. The molecule has 1 N–H and O–H groups in total. The second-order valence-electron chi connectivity index (χ2n) is 11.7. The second kappa shape index (κ2) is 16.2. The normalized spacial score (nSPS) is 15.7. The van der Waals surface area contributed by atoms with E-state index in [1.165, 1.54) is 0 Å². The van der Waals surface area contributed by atoms with E-state index in [0.717, 1.165) is 37.1 Å². The number of carbonyl (C=O) groups is 3. The van der Waals surface area contributed by atoms with Crippen LogP contribution in [0, 0.1) is 5.92 Å². The van der Waals surface area contributed by atoms with Crippen LogP contribution in [-0.2, 0) is 25.7 Å². The third-order valence-corrected chi connectivity index (χ3v) is 8.56. The van der Waals surface area contributed by atoms with Crippen molar-refractivity contribution in [2.45, 2.75) is 39.7 Å². The number of hydrogen-bond acceptors (Lipinski definition) is 10. The van der Waals surface area contributed by atoms with Gasteiger partial charge in [0.2, 0.25) is 23.6 Å². The largest absolute Gasteiger partial charge is 0.466 e. The van der Waals surface area contributed by atoms with Gasteiger partial charge in [-0.2, -0.15) is 0 Å². The lowest BCUT2D eigenvalue weighted by molar-refractivity contribution is -0.148. The molecule has 2 aromatic heterocycles. The molecule has 12 nitrogen and oxygen atoms in total. The van der Waals surface area contributed by atoms with Gasteiger partial charge in [0, 0.05) is 67.9 Å². The van der Waals surface area contributed by atoms with Gasteiger partial charge >= 0.3 is 5.97 Å². The Labute approximate surface area is 284 Å². The molecule has 0 aliphatic carbocycles. The topological polar surface area (TPSA) is 130 Å². The maximum Gasteiger partial charge on any atom is 0.315 e. The number of anilines is 1. The van der Waals surface area contributed by atoms with Crippen molar-refractivity contribution in [2.24, 2.45) is 5.92 Å². The summed E-state index contributed by atoms with van der Waals surface area (Å²) in [5.74, 6) is 1.06. The van der Waals surface area contributed by atoms with Crippen molar-refractivity contribution < 1.29 is 23.9 Å². The maximum atomic E-state index is 12.4. The summed E-state index contributed by atoms with van der Waals surface area (Å²) >= 11 is 12.6. The van der Waals surface area contributed by atoms with Crippen molar-refractivity contribution in [3.63, 3.8) is 0 Å². The number of nitrogens with one attached hydrogen (secondary N) is 1. The predicted octanol–water partition coefficient (Wildman–Crippen LogP) is 4.59. The number of carbonyl (C=O) groups excluding carboxylic acids is 3. The van der Waals surface area contributed by atoms with Crippen LogP contribution in [0.3, 0.4) is 0 Å². The monoisotopic (exact) mass is 683 g/mol. The van der Waals surface area contributed by atoms with Crippen LogP contribution < -0.4 is 15.0 Å². The molecule has 2 amide bonds. The quantitative estimate of drug-likeness (QED) is 0.226. The number of aromatic nitrogens is 3. The van der Waals surface area contributed by atoms with Gasteiger partial charge < -0.3 is 24.6 Å². The minimum atomic E-state index is -0.512. The molecule has 2 aliphatic heterocycles. The summed E-state index contributed by atoms with van der Waals surface area (Å²) in [6, 6.07) is 9.26. The minimum Gasteiger partial charge on any atom is -0.466 e. The Bertz CT molecular complexity index is 1540. The van der Waals surface area contributed by atoms with E-state index in [-0.39, 0.29) is 24.8 Å². The summed E-state index contributed by atoms with van der Waals surface area (Å²) < 4.78 is 11.1. The molecule has 14 heteroatoms. The summed E-state index contributed by atoms with van der Waals surface area (Å²) in [5.41, 5.74) is 2.47. The van der Waals surface area contributed by atoms with E-state index in [0.29, 0.717) is 78.5 Å². The molecule has 2 saturated heterocycles. The van der Waals surface area contributed by atoms with Crippen molar-refractivity contribution in [2.75, 3.05) is 57.3 Å². The molecule has 0 radical (unpaired) electrons. The highest BCUT2D eigenvalue weighted by molar-refractivity contribution is 6.35. The number of nitrogens with zero attached hydrogens (tertiary/aromatic N) is 6. The number of benzene rings is 1. The average molecular weight is 685 g/mol. The van der Waals surface area contributed by atoms with Gasteiger partial charge in [-0.1, -0.05) is 23.2 Å². The average Bonchev–Trinajstić information content (AvgIpc) is 3.04. The Kier molecular flexibility index (Phi) is 11.8. The van der Waals surface area contributed by atoms with Gasteiger partial charge in [-0.25, -0.2) is 15.0 Å². The minimum absolute atomic E-state index is 0.00497. The molecule has 2 aliphatic rings. The van der Waals surface area contributed by atoms with Crippen molar-refractivity contribution in [1.29, 1.82) is 0 Å². The smallest absolute Gasteiger partial charge is 0.315 e. The van der Waals surface area contributed by atoms with Gasteiger partial charge in [-0.3, -0.25) is 19.3 Å². The Morgan fingerprint density at radius 2 is 1.62 bits per heavy atom. The third kappa shape index (κ3) is 9.99. The highest BCUT2D eigenvalue weighted by Crippen LogP contribution is 2.31. The van der Waals surface area contributed by atoms with E-state index in [1.807, 2.05) is 29.2 Å². The molecular weight excluding hydrogens is 645 g/mol. The molecule has 0 saturated carbocycles. The predicted molar refractivity (Wildman–Crippen MR) is 179 cm³/mol. The van der Waals surface area contributed by atoms with E-state index >= 15 is 0 Å². The zero-order valence-electron chi connectivity index (χ0n) is 26.6. The SMILES string of the molecule is CCOC(=O)CC(=O)N1CCN(c2ncc(Oc3cc(CN4CCC(CNC(C)=O)CC4)cc(-c4cc(Cl)cc(Cl)c4)n3)cn2)CC1. The van der Waals surface area contributed by atoms with Crippen LogP contribution in [0.4, 0.5) is 5.95 Å². The summed E-state index contributed by atoms with van der Waals surface area (Å²) in [7, 11) is 0. The molecule has 4 heterocycles. The molecule has 1 aromatic carbocycles. The summed E-state index contributed by atoms with van der Waals surface area (Å²) in [4.78, 5) is 55.2. The number of likely N-dealkylation sites (tertiary alicyclic amines) is 1. The molecule has 0 unspecified atom stereocenters. The lowest BCUT2D eigenvalue weighted by atomic mass is 9.96. The van der Waals surface area contributed by atoms with Gasteiger partial charge in [0.15, 0.2) is 5.75 Å². The van der Waals surface area contributed by atoms with E-state index in [2.05, 4.69) is 20.2 Å². The van der Waals surface area contributed by atoms with Gasteiger partial charge in [0.05, 0.1) is 24.7 Å². The fourth-order valence-corrected chi connectivity index (χ4v) is 6.22. The van der Waals surface area contributed by atoms with Gasteiger partial charge in [0.25, 0.3) is 0 Å². The summed E-state index contributed by atoms with van der Waals surface area (Å²) in [6.45, 7) is 8.76. The Morgan fingerprint density at radius 3 is 2.26 bits per heavy atom. The van der Waals surface area contributed by atoms with Crippen LogP contribution in [0.5, 0.6) is 11.6 Å². The van der Waals surface area contributed by atoms with Crippen molar-refractivity contribution in [3.8, 4) is 22.9 Å². The number of hydrogen-bond donors (Lipinski definition) is 1. The van der Waals surface area contributed by atoms with E-state index in [9.17, 15) is 14.4 Å². The van der Waals surface area contributed by atoms with Gasteiger partial charge in [-0.15, -0.1) is 0 Å². The first-order valence-corrected chi connectivity index (χ1v) is 16.5. The second-order valence-corrected chi connectivity index (χ2v) is 12.6. The van der Waals surface area contributed by atoms with Crippen molar-refractivity contribution in [1.82, 2.24) is 30.1 Å². The zero-order valence-corrected chi connectivity index (χ0v) is 28.1. The number of amides is 2. The fraction of sp³-hybridized carbons (Fsp3) is 0.455. The lowest BCUT2D eigenvalue weighted by Crippen LogP contribution is -2.49. The number of halogens is 2. The molecule has 250 valence electrons. The number of ether oxygens (including phenoxy) is 2. The molecular formula is C33H39Cl2N7O5. The Hall–Kier alpha value is -4.00. The number of piperazine rings is 1. The van der Waals surface area contributed by atoms with Crippen LogP contribution in [0.1, 0.15) is 38.7 Å². The van der Waals surface area contributed by atoms with Crippen LogP contribution >= 0.6 is 23.2 Å². The Morgan fingerprint density at radius 1 is 0.936 bits per heavy atom. The highest BCUT2D eigenvalue weighted by Gasteiger charge is 2.25. The highest BCUT2D eigenvalue weighted by atomic mass is 35.5. The molecule has 0 bridgehead atoms. The summed E-state index contributed by atoms with van der Waals surface area (Å²) in [5, 5.41) is 3.96. The third-order valence-electron chi connectivity index (χ3n) is 8.13. The van der Waals surface area contributed by atoms with E-state index in [1.54, 1.807) is 37.2 Å². The first-order valence-electron chi connectivity index (χ1n) is 15.8. The number of rotatable bonds is 11. The standard InChI is InChI=1S/C33H39Cl2N7O5/c1-3-46-32(45)17-31(44)41-8-10-42(11-9-41)33-37-19-28(20-38-33)47-30-13-24(12-29(39-30)25-14-26(34)16-27(35)15-25)21-40-6-4-23(5-7-40)18-36-22(2)43/h12-16,19-20,23H,3-11,17-18,21H2,1-2H3,(H,36,43). The lowest BCUT2D eigenvalue weighted by Gasteiger charge is -2.34. The van der Waals surface area contributed by atoms with Crippen LogP contribution in [-0.4, -0.2) is 95.0 Å². The summed E-state index contributed by atoms with van der Waals surface area (Å²) in [6.07, 6.45) is 4.97. The van der Waals surface area contributed by atoms with Crippen LogP contribution in [0.25, 0.3) is 11.3 Å². The first kappa shape index (κ1) is 34.3. The molecule has 0 atom stereocenters. The van der Waals surface area contributed by atoms with Crippen LogP contribution in [0.15, 0.2) is 42.7 Å². The molecule has 2 fully saturated rings. The van der Waals surface area contributed by atoms with Crippen molar-refractivity contribution in [3.05, 3.63) is 58.3 Å². The van der Waals surface area contributed by atoms with Crippen molar-refractivity contribution >= 4 is 46.9 Å². The fourth-order valence-electron chi connectivity index (χ4n) is 5.70. The van der Waals surface area contributed by atoms with Gasteiger partial charge in [-0.05, 0) is 68.6 Å². The molecule has 0 spiro atoms. The number of esters is 1. The Balaban J connectivity index is 1.25. The van der Waals surface area contributed by atoms with Crippen LogP contribution in [0.2, 0.25) is 10.0 Å². The van der Waals surface area contributed by atoms with E-state index < -0.39 is 5.97 Å². The first-order chi connectivity index (χ1) is 22.6. The zero-order chi connectivity index (χ0) is 33.3. The maximum absolute atomic E-state index is 12.4. The number of piperidine rings is 1. The van der Waals surface area contributed by atoms with E-state index in [4.69, 9.17) is 37.7 Å². The molecule has 47 heavy (non-hydrogen) atoms. The van der Waals surface area contributed by atoms with Gasteiger partial charge in [0.1, 0.15) is 6.42 Å². The number of pyridine rings is 1. The molecule has 5 rings (SSSR count).